The summed E-state index contributed by atoms with van der Waals surface area (Å²) in [6, 6.07) is 9.16. The van der Waals surface area contributed by atoms with Crippen molar-refractivity contribution >= 4 is 18.0 Å². The summed E-state index contributed by atoms with van der Waals surface area (Å²) in [5.41, 5.74) is 0.764. The molecule has 0 spiro atoms. The molecule has 96 valence electrons. The molecule has 5 nitrogen and oxygen atoms in total. The Morgan fingerprint density at radius 1 is 1.26 bits per heavy atom. The van der Waals surface area contributed by atoms with E-state index in [0.29, 0.717) is 0 Å². The van der Waals surface area contributed by atoms with Crippen molar-refractivity contribution in [2.75, 3.05) is 5.32 Å². The fraction of sp³-hybridized carbons (Fsp3) is 0. The van der Waals surface area contributed by atoms with Crippen LogP contribution in [0.2, 0.25) is 0 Å². The van der Waals surface area contributed by atoms with Crippen molar-refractivity contribution < 1.29 is 14.0 Å². The number of pyridine rings is 1. The van der Waals surface area contributed by atoms with Crippen LogP contribution in [0, 0.1) is 5.82 Å². The quantitative estimate of drug-likeness (QED) is 0.523. The Morgan fingerprint density at radius 3 is 2.74 bits per heavy atom. The van der Waals surface area contributed by atoms with Crippen LogP contribution in [0.4, 0.5) is 14.9 Å². The Hall–Kier alpha value is -2.76. The van der Waals surface area contributed by atoms with Crippen molar-refractivity contribution in [3.05, 3.63) is 60.2 Å². The minimum Gasteiger partial charge on any atom is -0.298 e. The van der Waals surface area contributed by atoms with E-state index < -0.39 is 11.9 Å². The largest absolute Gasteiger partial charge is 0.437 e. The zero-order chi connectivity index (χ0) is 13.5. The summed E-state index contributed by atoms with van der Waals surface area (Å²) in [6.45, 7) is 0. The minimum atomic E-state index is -0.865. The molecule has 0 saturated heterocycles. The van der Waals surface area contributed by atoms with Gasteiger partial charge >= 0.3 is 6.09 Å². The summed E-state index contributed by atoms with van der Waals surface area (Å²) in [5, 5.41) is 5.71. The summed E-state index contributed by atoms with van der Waals surface area (Å²) in [6.07, 6.45) is 3.65. The normalized spacial score (nSPS) is 10.4. The van der Waals surface area contributed by atoms with E-state index in [-0.39, 0.29) is 5.69 Å². The van der Waals surface area contributed by atoms with Gasteiger partial charge in [0.2, 0.25) is 0 Å². The topological polar surface area (TPSA) is 63.6 Å². The van der Waals surface area contributed by atoms with Crippen LogP contribution in [0.3, 0.4) is 0 Å². The molecule has 0 radical (unpaired) electrons. The molecule has 1 aromatic carbocycles. The number of benzene rings is 1. The summed E-state index contributed by atoms with van der Waals surface area (Å²) >= 11 is 0. The Bertz CT molecular complexity index is 587. The third-order valence-electron chi connectivity index (χ3n) is 2.15. The highest BCUT2D eigenvalue weighted by Gasteiger charge is 2.06. The molecule has 2 rings (SSSR count). The molecule has 0 aliphatic carbocycles. The van der Waals surface area contributed by atoms with Gasteiger partial charge in [0, 0.05) is 12.4 Å². The van der Waals surface area contributed by atoms with E-state index in [0.717, 1.165) is 5.56 Å². The number of nitrogens with one attached hydrogen (secondary N) is 1. The maximum absolute atomic E-state index is 13.2. The molecule has 2 aromatic rings. The summed E-state index contributed by atoms with van der Waals surface area (Å²) in [4.78, 5) is 19.7. The Balaban J connectivity index is 1.89. The number of hydrogen-bond donors (Lipinski definition) is 1. The minimum absolute atomic E-state index is 0.0339. The average Bonchev–Trinajstić information content (AvgIpc) is 2.43. The van der Waals surface area contributed by atoms with E-state index in [4.69, 9.17) is 0 Å². The zero-order valence-corrected chi connectivity index (χ0v) is 9.79. The first-order chi connectivity index (χ1) is 9.25. The average molecular weight is 259 g/mol. The highest BCUT2D eigenvalue weighted by molar-refractivity contribution is 5.85. The lowest BCUT2D eigenvalue weighted by molar-refractivity contribution is 0.167. The maximum atomic E-state index is 13.2. The predicted octanol–water partition coefficient (Wildman–Crippen LogP) is 2.80. The molecule has 0 saturated carbocycles. The van der Waals surface area contributed by atoms with Crippen molar-refractivity contribution in [3.63, 3.8) is 0 Å². The third-order valence-corrected chi connectivity index (χ3v) is 2.15. The van der Waals surface area contributed by atoms with Crippen molar-refractivity contribution in [1.82, 2.24) is 4.98 Å². The first-order valence-electron chi connectivity index (χ1n) is 5.41. The number of anilines is 1. The number of rotatable bonds is 3. The van der Waals surface area contributed by atoms with E-state index in [1.165, 1.54) is 24.4 Å². The lowest BCUT2D eigenvalue weighted by Crippen LogP contribution is -2.11. The van der Waals surface area contributed by atoms with Crippen LogP contribution in [0.25, 0.3) is 0 Å². The molecule has 0 unspecified atom stereocenters. The Morgan fingerprint density at radius 2 is 2.00 bits per heavy atom. The van der Waals surface area contributed by atoms with Gasteiger partial charge in [0.05, 0.1) is 11.9 Å². The second-order valence-corrected chi connectivity index (χ2v) is 3.50. The molecular formula is C13H10FN3O2. The van der Waals surface area contributed by atoms with E-state index >= 15 is 0 Å². The van der Waals surface area contributed by atoms with Gasteiger partial charge in [0.25, 0.3) is 0 Å². The standard InChI is InChI=1S/C13H10FN3O2/c14-11-3-1-2-4-12(11)17-13(18)19-16-9-10-5-7-15-8-6-10/h1-9H,(H,17,18)/b16-9+. The monoisotopic (exact) mass is 259 g/mol. The molecule has 0 fully saturated rings. The van der Waals surface area contributed by atoms with Crippen molar-refractivity contribution in [2.45, 2.75) is 0 Å². The Kier molecular flexibility index (Phi) is 4.17. The second kappa shape index (κ2) is 6.25. The first-order valence-corrected chi connectivity index (χ1v) is 5.41. The molecule has 19 heavy (non-hydrogen) atoms. The molecule has 1 amide bonds. The molecule has 6 heteroatoms. The van der Waals surface area contributed by atoms with E-state index in [2.05, 4.69) is 20.3 Å². The molecule has 0 aliphatic heterocycles. The fourth-order valence-corrected chi connectivity index (χ4v) is 1.28. The number of aromatic nitrogens is 1. The number of hydrogen-bond acceptors (Lipinski definition) is 4. The van der Waals surface area contributed by atoms with Crippen LogP contribution in [0.15, 0.2) is 53.9 Å². The predicted molar refractivity (Wildman–Crippen MR) is 68.3 cm³/mol. The van der Waals surface area contributed by atoms with Gasteiger partial charge in [-0.1, -0.05) is 17.3 Å². The number of para-hydroxylation sites is 1. The fourth-order valence-electron chi connectivity index (χ4n) is 1.28. The third kappa shape index (κ3) is 3.88. The van der Waals surface area contributed by atoms with Crippen LogP contribution < -0.4 is 5.32 Å². The molecular weight excluding hydrogens is 249 g/mol. The molecule has 0 aliphatic rings. The van der Waals surface area contributed by atoms with Gasteiger partial charge in [-0.2, -0.15) is 0 Å². The van der Waals surface area contributed by atoms with Crippen LogP contribution in [-0.4, -0.2) is 17.3 Å². The van der Waals surface area contributed by atoms with E-state index in [1.54, 1.807) is 30.6 Å². The van der Waals surface area contributed by atoms with Crippen molar-refractivity contribution in [2.24, 2.45) is 5.16 Å². The zero-order valence-electron chi connectivity index (χ0n) is 9.79. The van der Waals surface area contributed by atoms with Gasteiger partial charge in [-0.3, -0.25) is 15.1 Å². The Labute approximate surface area is 108 Å². The van der Waals surface area contributed by atoms with Crippen LogP contribution in [-0.2, 0) is 4.84 Å². The van der Waals surface area contributed by atoms with Crippen molar-refractivity contribution in [3.8, 4) is 0 Å². The number of oxime groups is 1. The first kappa shape index (κ1) is 12.7. The van der Waals surface area contributed by atoms with Crippen LogP contribution >= 0.6 is 0 Å². The van der Waals surface area contributed by atoms with Crippen LogP contribution in [0.5, 0.6) is 0 Å². The van der Waals surface area contributed by atoms with E-state index in [9.17, 15) is 9.18 Å². The molecule has 1 aromatic heterocycles. The lowest BCUT2D eigenvalue weighted by atomic mass is 10.3. The van der Waals surface area contributed by atoms with Gasteiger partial charge in [-0.05, 0) is 29.8 Å². The summed E-state index contributed by atoms with van der Waals surface area (Å²) in [7, 11) is 0. The molecule has 0 bridgehead atoms. The maximum Gasteiger partial charge on any atom is 0.437 e. The second-order valence-electron chi connectivity index (χ2n) is 3.50. The molecule has 0 atom stereocenters. The van der Waals surface area contributed by atoms with Gasteiger partial charge in [-0.15, -0.1) is 0 Å². The van der Waals surface area contributed by atoms with Gasteiger partial charge < -0.3 is 0 Å². The highest BCUT2D eigenvalue weighted by Crippen LogP contribution is 2.12. The number of halogens is 1. The van der Waals surface area contributed by atoms with Crippen molar-refractivity contribution in [1.29, 1.82) is 0 Å². The van der Waals surface area contributed by atoms with Gasteiger partial charge in [0.15, 0.2) is 0 Å². The summed E-state index contributed by atoms with van der Waals surface area (Å²) < 4.78 is 13.2. The highest BCUT2D eigenvalue weighted by atomic mass is 19.1. The number of nitrogens with zero attached hydrogens (tertiary/aromatic N) is 2. The molecule has 1 N–H and O–H groups in total. The smallest absolute Gasteiger partial charge is 0.298 e. The lowest BCUT2D eigenvalue weighted by Gasteiger charge is -2.02. The summed E-state index contributed by atoms with van der Waals surface area (Å²) in [5.74, 6) is -0.544. The van der Waals surface area contributed by atoms with Gasteiger partial charge in [-0.25, -0.2) is 9.18 Å². The van der Waals surface area contributed by atoms with Crippen LogP contribution in [0.1, 0.15) is 5.56 Å². The number of amides is 1. The number of carbonyl (C=O) groups excluding carboxylic acids is 1. The van der Waals surface area contributed by atoms with Gasteiger partial charge in [0.1, 0.15) is 5.82 Å². The number of carbonyl (C=O) groups is 1. The molecule has 1 heterocycles. The van der Waals surface area contributed by atoms with E-state index in [1.807, 2.05) is 0 Å². The SMILES string of the molecule is O=C(Nc1ccccc1F)O/N=C/c1ccncc1.